The first kappa shape index (κ1) is 18.9. The molecule has 1 saturated heterocycles. The Hall–Kier alpha value is -1.45. The molecule has 1 N–H and O–H groups in total. The summed E-state index contributed by atoms with van der Waals surface area (Å²) < 4.78 is 65.6. The molecule has 0 amide bonds. The number of hydrogen-bond donors (Lipinski definition) is 1. The molecule has 1 aliphatic heterocycles. The molecule has 0 bridgehead atoms. The lowest BCUT2D eigenvalue weighted by atomic mass is 9.98. The number of ether oxygens (including phenoxy) is 3. The number of alkyl halides is 2. The van der Waals surface area contributed by atoms with Crippen LogP contribution in [0.4, 0.5) is 8.78 Å². The van der Waals surface area contributed by atoms with Gasteiger partial charge >= 0.3 is 6.61 Å². The second kappa shape index (κ2) is 8.59. The highest BCUT2D eigenvalue weighted by molar-refractivity contribution is 7.89. The number of rotatable bonds is 8. The maximum Gasteiger partial charge on any atom is 0.387 e. The van der Waals surface area contributed by atoms with Gasteiger partial charge in [0.05, 0.1) is 19.0 Å². The molecule has 6 nitrogen and oxygen atoms in total. The smallest absolute Gasteiger partial charge is 0.387 e. The normalized spacial score (nSPS) is 21.7. The van der Waals surface area contributed by atoms with Gasteiger partial charge in [-0.25, -0.2) is 13.1 Å². The fourth-order valence-electron chi connectivity index (χ4n) is 2.35. The van der Waals surface area contributed by atoms with Crippen LogP contribution in [0.25, 0.3) is 0 Å². The van der Waals surface area contributed by atoms with E-state index < -0.39 is 16.6 Å². The van der Waals surface area contributed by atoms with Crippen LogP contribution < -0.4 is 14.2 Å². The molecule has 2 atom stereocenters. The van der Waals surface area contributed by atoms with Gasteiger partial charge in [-0.15, -0.1) is 0 Å². The van der Waals surface area contributed by atoms with E-state index in [4.69, 9.17) is 9.47 Å². The third kappa shape index (κ3) is 5.88. The Morgan fingerprint density at radius 1 is 1.29 bits per heavy atom. The van der Waals surface area contributed by atoms with Crippen molar-refractivity contribution < 1.29 is 31.4 Å². The summed E-state index contributed by atoms with van der Waals surface area (Å²) in [6, 6.07) is 5.57. The van der Waals surface area contributed by atoms with Crippen LogP contribution in [0, 0.1) is 5.92 Å². The molecule has 0 aromatic heterocycles. The highest BCUT2D eigenvalue weighted by Gasteiger charge is 2.29. The molecule has 1 fully saturated rings. The van der Waals surface area contributed by atoms with E-state index in [1.807, 2.05) is 0 Å². The average molecular weight is 365 g/mol. The van der Waals surface area contributed by atoms with E-state index in [0.29, 0.717) is 25.4 Å². The van der Waals surface area contributed by atoms with Crippen LogP contribution in [0.1, 0.15) is 13.3 Å². The molecule has 0 radical (unpaired) electrons. The molecule has 136 valence electrons. The Morgan fingerprint density at radius 3 is 2.58 bits per heavy atom. The van der Waals surface area contributed by atoms with Gasteiger partial charge in [0.15, 0.2) is 0 Å². The quantitative estimate of drug-likeness (QED) is 0.763. The predicted octanol–water partition coefficient (Wildman–Crippen LogP) is 2.01. The van der Waals surface area contributed by atoms with Crippen molar-refractivity contribution in [3.05, 3.63) is 24.3 Å². The molecule has 1 aliphatic rings. The van der Waals surface area contributed by atoms with Crippen molar-refractivity contribution in [2.24, 2.45) is 5.92 Å². The van der Waals surface area contributed by atoms with Gasteiger partial charge in [0.2, 0.25) is 10.0 Å². The summed E-state index contributed by atoms with van der Waals surface area (Å²) in [6.45, 7) is -0.151. The fraction of sp³-hybridized carbons (Fsp3) is 0.600. The first-order valence-electron chi connectivity index (χ1n) is 7.65. The Morgan fingerprint density at radius 2 is 1.96 bits per heavy atom. The lowest BCUT2D eigenvalue weighted by Crippen LogP contribution is -2.47. The molecule has 1 heterocycles. The van der Waals surface area contributed by atoms with Gasteiger partial charge in [0.1, 0.15) is 11.5 Å². The van der Waals surface area contributed by atoms with E-state index in [1.165, 1.54) is 24.3 Å². The fourth-order valence-corrected chi connectivity index (χ4v) is 3.29. The van der Waals surface area contributed by atoms with E-state index >= 15 is 0 Å². The van der Waals surface area contributed by atoms with Gasteiger partial charge in [-0.05, 0) is 37.6 Å². The van der Waals surface area contributed by atoms with Crippen molar-refractivity contribution in [1.82, 2.24) is 4.72 Å². The molecule has 0 spiro atoms. The summed E-state index contributed by atoms with van der Waals surface area (Å²) in [4.78, 5) is 0. The van der Waals surface area contributed by atoms with Gasteiger partial charge in [-0.2, -0.15) is 8.78 Å². The summed E-state index contributed by atoms with van der Waals surface area (Å²) >= 11 is 0. The van der Waals surface area contributed by atoms with Crippen molar-refractivity contribution >= 4 is 10.0 Å². The van der Waals surface area contributed by atoms with E-state index in [2.05, 4.69) is 9.46 Å². The largest absolute Gasteiger partial charge is 0.493 e. The standard InChI is InChI=1S/C15H21F2NO5S/c1-2-24(19,20)18-14-7-8-21-9-11(14)10-22-12-3-5-13(6-4-12)23-15(16)17/h3-6,11,14-15,18H,2,7-10H2,1H3/t11-,14+/m1/s1. The minimum Gasteiger partial charge on any atom is -0.493 e. The first-order valence-corrected chi connectivity index (χ1v) is 9.30. The summed E-state index contributed by atoms with van der Waals surface area (Å²) in [5, 5.41) is 0. The molecular formula is C15H21F2NO5S. The summed E-state index contributed by atoms with van der Waals surface area (Å²) in [6.07, 6.45) is 0.578. The predicted molar refractivity (Wildman–Crippen MR) is 83.9 cm³/mol. The maximum absolute atomic E-state index is 12.1. The maximum atomic E-state index is 12.1. The first-order chi connectivity index (χ1) is 11.4. The highest BCUT2D eigenvalue weighted by atomic mass is 32.2. The van der Waals surface area contributed by atoms with Crippen molar-refractivity contribution in [3.8, 4) is 11.5 Å². The molecule has 2 rings (SSSR count). The zero-order valence-corrected chi connectivity index (χ0v) is 14.1. The van der Waals surface area contributed by atoms with Gasteiger partial charge < -0.3 is 14.2 Å². The van der Waals surface area contributed by atoms with Crippen LogP contribution in [0.15, 0.2) is 24.3 Å². The van der Waals surface area contributed by atoms with Crippen molar-refractivity contribution in [1.29, 1.82) is 0 Å². The number of hydrogen-bond acceptors (Lipinski definition) is 5. The molecule has 0 saturated carbocycles. The highest BCUT2D eigenvalue weighted by Crippen LogP contribution is 2.22. The number of nitrogens with one attached hydrogen (secondary N) is 1. The van der Waals surface area contributed by atoms with Crippen LogP contribution >= 0.6 is 0 Å². The van der Waals surface area contributed by atoms with Crippen LogP contribution in [0.5, 0.6) is 11.5 Å². The Labute approximate surface area is 140 Å². The second-order valence-corrected chi connectivity index (χ2v) is 7.45. The summed E-state index contributed by atoms with van der Waals surface area (Å²) in [5.74, 6) is 0.423. The van der Waals surface area contributed by atoms with Gasteiger partial charge in [0, 0.05) is 18.6 Å². The van der Waals surface area contributed by atoms with Crippen molar-refractivity contribution in [2.45, 2.75) is 26.0 Å². The van der Waals surface area contributed by atoms with Gasteiger partial charge in [0.25, 0.3) is 0 Å². The molecule has 0 unspecified atom stereocenters. The lowest BCUT2D eigenvalue weighted by molar-refractivity contribution is -0.0499. The number of sulfonamides is 1. The molecule has 1 aromatic rings. The third-order valence-corrected chi connectivity index (χ3v) is 5.12. The van der Waals surface area contributed by atoms with Crippen LogP contribution in [0.2, 0.25) is 0 Å². The van der Waals surface area contributed by atoms with Gasteiger partial charge in [-0.1, -0.05) is 0 Å². The van der Waals surface area contributed by atoms with Crippen molar-refractivity contribution in [2.75, 3.05) is 25.6 Å². The number of halogens is 2. The summed E-state index contributed by atoms with van der Waals surface area (Å²) in [5.41, 5.74) is 0. The third-order valence-electron chi connectivity index (χ3n) is 3.70. The zero-order chi connectivity index (χ0) is 17.6. The van der Waals surface area contributed by atoms with Crippen LogP contribution in [-0.4, -0.2) is 46.6 Å². The molecule has 24 heavy (non-hydrogen) atoms. The zero-order valence-electron chi connectivity index (χ0n) is 13.3. The lowest BCUT2D eigenvalue weighted by Gasteiger charge is -2.31. The topological polar surface area (TPSA) is 73.9 Å². The Kier molecular flexibility index (Phi) is 6.76. The Balaban J connectivity index is 1.91. The van der Waals surface area contributed by atoms with E-state index in [0.717, 1.165) is 0 Å². The molecular weight excluding hydrogens is 344 g/mol. The van der Waals surface area contributed by atoms with Crippen LogP contribution in [-0.2, 0) is 14.8 Å². The van der Waals surface area contributed by atoms with Crippen molar-refractivity contribution in [3.63, 3.8) is 0 Å². The minimum atomic E-state index is -3.30. The minimum absolute atomic E-state index is 0.0174. The Bertz CT molecular complexity index is 609. The summed E-state index contributed by atoms with van der Waals surface area (Å²) in [7, 11) is -3.30. The van der Waals surface area contributed by atoms with E-state index in [-0.39, 0.29) is 30.1 Å². The average Bonchev–Trinajstić information content (AvgIpc) is 2.54. The van der Waals surface area contributed by atoms with Gasteiger partial charge in [-0.3, -0.25) is 0 Å². The molecule has 9 heteroatoms. The SMILES string of the molecule is CCS(=O)(=O)N[C@H]1CCOC[C@@H]1COc1ccc(OC(F)F)cc1. The van der Waals surface area contributed by atoms with E-state index in [1.54, 1.807) is 6.92 Å². The number of benzene rings is 1. The molecule has 1 aromatic carbocycles. The van der Waals surface area contributed by atoms with E-state index in [9.17, 15) is 17.2 Å². The molecule has 0 aliphatic carbocycles. The monoisotopic (exact) mass is 365 g/mol. The second-order valence-electron chi connectivity index (χ2n) is 5.41. The van der Waals surface area contributed by atoms with Crippen LogP contribution in [0.3, 0.4) is 0 Å².